The fourth-order valence-electron chi connectivity index (χ4n) is 3.29. The van der Waals surface area contributed by atoms with Crippen molar-refractivity contribution in [3.63, 3.8) is 0 Å². The zero-order valence-corrected chi connectivity index (χ0v) is 11.1. The minimum atomic E-state index is 0.322. The highest BCUT2D eigenvalue weighted by atomic mass is 16.5. The SMILES string of the molecule is CC1CN(C2CCc3cc(O)ccc32)C(C)CO1. The van der Waals surface area contributed by atoms with Crippen LogP contribution in [0.5, 0.6) is 5.75 Å². The van der Waals surface area contributed by atoms with Gasteiger partial charge in [-0.05, 0) is 49.9 Å². The third kappa shape index (κ3) is 2.02. The number of aryl methyl sites for hydroxylation is 1. The molecule has 3 rings (SSSR count). The molecule has 1 aliphatic heterocycles. The summed E-state index contributed by atoms with van der Waals surface area (Å²) >= 11 is 0. The Morgan fingerprint density at radius 3 is 3.00 bits per heavy atom. The lowest BCUT2D eigenvalue weighted by Gasteiger charge is -2.41. The summed E-state index contributed by atoms with van der Waals surface area (Å²) in [4.78, 5) is 2.57. The summed E-state index contributed by atoms with van der Waals surface area (Å²) in [7, 11) is 0. The van der Waals surface area contributed by atoms with Crippen LogP contribution in [0.4, 0.5) is 0 Å². The summed E-state index contributed by atoms with van der Waals surface area (Å²) < 4.78 is 5.71. The lowest BCUT2D eigenvalue weighted by atomic mass is 10.0. The Kier molecular flexibility index (Phi) is 3.04. The number of benzene rings is 1. The van der Waals surface area contributed by atoms with Crippen molar-refractivity contribution < 1.29 is 9.84 Å². The number of hydrogen-bond donors (Lipinski definition) is 1. The van der Waals surface area contributed by atoms with E-state index in [0.29, 0.717) is 23.9 Å². The largest absolute Gasteiger partial charge is 0.508 e. The van der Waals surface area contributed by atoms with Gasteiger partial charge in [-0.2, -0.15) is 0 Å². The van der Waals surface area contributed by atoms with Crippen LogP contribution in [0.3, 0.4) is 0 Å². The van der Waals surface area contributed by atoms with Gasteiger partial charge in [0.1, 0.15) is 5.75 Å². The number of aromatic hydroxyl groups is 1. The molecular formula is C15H21NO2. The summed E-state index contributed by atoms with van der Waals surface area (Å²) in [5.74, 6) is 0.387. The molecule has 3 unspecified atom stereocenters. The molecule has 2 aliphatic rings. The number of phenolic OH excluding ortho intramolecular Hbond substituents is 1. The van der Waals surface area contributed by atoms with Gasteiger partial charge >= 0.3 is 0 Å². The Labute approximate surface area is 108 Å². The Bertz CT molecular complexity index is 446. The number of hydrogen-bond acceptors (Lipinski definition) is 3. The van der Waals surface area contributed by atoms with E-state index in [9.17, 15) is 5.11 Å². The van der Waals surface area contributed by atoms with Gasteiger partial charge in [0.05, 0.1) is 12.7 Å². The van der Waals surface area contributed by atoms with Crippen molar-refractivity contribution in [2.75, 3.05) is 13.2 Å². The summed E-state index contributed by atoms with van der Waals surface area (Å²) in [6.45, 7) is 6.22. The van der Waals surface area contributed by atoms with E-state index in [1.807, 2.05) is 12.1 Å². The highest BCUT2D eigenvalue weighted by Crippen LogP contribution is 2.39. The van der Waals surface area contributed by atoms with Crippen molar-refractivity contribution in [3.8, 4) is 5.75 Å². The molecule has 1 aliphatic carbocycles. The van der Waals surface area contributed by atoms with Gasteiger partial charge in [0, 0.05) is 18.6 Å². The maximum atomic E-state index is 9.55. The van der Waals surface area contributed by atoms with E-state index in [0.717, 1.165) is 26.0 Å². The molecule has 3 nitrogen and oxygen atoms in total. The van der Waals surface area contributed by atoms with Crippen molar-refractivity contribution >= 4 is 0 Å². The van der Waals surface area contributed by atoms with Gasteiger partial charge in [-0.25, -0.2) is 0 Å². The smallest absolute Gasteiger partial charge is 0.115 e. The second kappa shape index (κ2) is 4.56. The van der Waals surface area contributed by atoms with Gasteiger partial charge in [-0.1, -0.05) is 6.07 Å². The second-order valence-corrected chi connectivity index (χ2v) is 5.63. The molecule has 0 radical (unpaired) electrons. The minimum absolute atomic E-state index is 0.322. The van der Waals surface area contributed by atoms with Gasteiger partial charge in [-0.15, -0.1) is 0 Å². The molecule has 0 aromatic heterocycles. The third-order valence-electron chi connectivity index (χ3n) is 4.23. The predicted octanol–water partition coefficient (Wildman–Crippen LogP) is 2.49. The van der Waals surface area contributed by atoms with Gasteiger partial charge in [0.25, 0.3) is 0 Å². The van der Waals surface area contributed by atoms with E-state index in [2.05, 4.69) is 24.8 Å². The van der Waals surface area contributed by atoms with Crippen molar-refractivity contribution in [1.82, 2.24) is 4.90 Å². The highest BCUT2D eigenvalue weighted by Gasteiger charge is 2.34. The van der Waals surface area contributed by atoms with E-state index in [1.54, 1.807) is 0 Å². The molecule has 1 aromatic rings. The van der Waals surface area contributed by atoms with E-state index in [-0.39, 0.29) is 0 Å². The molecule has 1 saturated heterocycles. The summed E-state index contributed by atoms with van der Waals surface area (Å²) in [5, 5.41) is 9.55. The summed E-state index contributed by atoms with van der Waals surface area (Å²) in [5.41, 5.74) is 2.71. The summed E-state index contributed by atoms with van der Waals surface area (Å²) in [6.07, 6.45) is 2.56. The van der Waals surface area contributed by atoms with E-state index in [4.69, 9.17) is 4.74 Å². The molecule has 0 bridgehead atoms. The zero-order valence-electron chi connectivity index (χ0n) is 11.1. The van der Waals surface area contributed by atoms with Crippen LogP contribution < -0.4 is 0 Å². The number of ether oxygens (including phenoxy) is 1. The zero-order chi connectivity index (χ0) is 12.7. The maximum Gasteiger partial charge on any atom is 0.115 e. The normalized spacial score (nSPS) is 32.4. The van der Waals surface area contributed by atoms with Crippen LogP contribution >= 0.6 is 0 Å². The molecule has 1 fully saturated rings. The first-order chi connectivity index (χ1) is 8.65. The van der Waals surface area contributed by atoms with Gasteiger partial charge < -0.3 is 9.84 Å². The number of nitrogens with zero attached hydrogens (tertiary/aromatic N) is 1. The van der Waals surface area contributed by atoms with E-state index >= 15 is 0 Å². The molecule has 18 heavy (non-hydrogen) atoms. The van der Waals surface area contributed by atoms with E-state index in [1.165, 1.54) is 11.1 Å². The quantitative estimate of drug-likeness (QED) is 0.827. The van der Waals surface area contributed by atoms with Gasteiger partial charge in [-0.3, -0.25) is 4.90 Å². The average Bonchev–Trinajstić information content (AvgIpc) is 2.75. The molecule has 1 heterocycles. The molecule has 1 N–H and O–H groups in total. The van der Waals surface area contributed by atoms with Crippen LogP contribution in [-0.4, -0.2) is 35.3 Å². The third-order valence-corrected chi connectivity index (χ3v) is 4.23. The second-order valence-electron chi connectivity index (χ2n) is 5.63. The van der Waals surface area contributed by atoms with Crippen molar-refractivity contribution in [1.29, 1.82) is 0 Å². The molecular weight excluding hydrogens is 226 g/mol. The molecule has 0 saturated carbocycles. The van der Waals surface area contributed by atoms with Crippen LogP contribution in [-0.2, 0) is 11.2 Å². The van der Waals surface area contributed by atoms with Crippen LogP contribution in [0.15, 0.2) is 18.2 Å². The molecule has 0 spiro atoms. The fraction of sp³-hybridized carbons (Fsp3) is 0.600. The monoisotopic (exact) mass is 247 g/mol. The van der Waals surface area contributed by atoms with Crippen LogP contribution in [0, 0.1) is 0 Å². The average molecular weight is 247 g/mol. The molecule has 98 valence electrons. The Balaban J connectivity index is 1.86. The van der Waals surface area contributed by atoms with Crippen LogP contribution in [0.2, 0.25) is 0 Å². The lowest BCUT2D eigenvalue weighted by molar-refractivity contribution is -0.0664. The Morgan fingerprint density at radius 2 is 2.17 bits per heavy atom. The molecule has 0 amide bonds. The van der Waals surface area contributed by atoms with E-state index < -0.39 is 0 Å². The standard InChI is InChI=1S/C15H21NO2/c1-10-9-18-11(2)8-16(10)15-6-3-12-7-13(17)4-5-14(12)15/h4-5,7,10-11,15,17H,3,6,8-9H2,1-2H3. The number of fused-ring (bicyclic) bond motifs is 1. The molecule has 1 aromatic carbocycles. The lowest BCUT2D eigenvalue weighted by Crippen LogP contribution is -2.48. The highest BCUT2D eigenvalue weighted by molar-refractivity contribution is 5.40. The number of phenols is 1. The number of rotatable bonds is 1. The fourth-order valence-corrected chi connectivity index (χ4v) is 3.29. The predicted molar refractivity (Wildman–Crippen MR) is 70.8 cm³/mol. The summed E-state index contributed by atoms with van der Waals surface area (Å²) in [6, 6.07) is 6.80. The van der Waals surface area contributed by atoms with Crippen LogP contribution in [0.25, 0.3) is 0 Å². The molecule has 3 heteroatoms. The van der Waals surface area contributed by atoms with Crippen molar-refractivity contribution in [2.24, 2.45) is 0 Å². The number of morpholine rings is 1. The topological polar surface area (TPSA) is 32.7 Å². The molecule has 3 atom stereocenters. The van der Waals surface area contributed by atoms with Crippen molar-refractivity contribution in [2.45, 2.75) is 44.9 Å². The first kappa shape index (κ1) is 12.0. The Morgan fingerprint density at radius 1 is 1.33 bits per heavy atom. The minimum Gasteiger partial charge on any atom is -0.508 e. The van der Waals surface area contributed by atoms with Crippen LogP contribution in [0.1, 0.15) is 37.4 Å². The van der Waals surface area contributed by atoms with Gasteiger partial charge in [0.2, 0.25) is 0 Å². The first-order valence-corrected chi connectivity index (χ1v) is 6.84. The Hall–Kier alpha value is -1.06. The van der Waals surface area contributed by atoms with Gasteiger partial charge in [0.15, 0.2) is 0 Å². The first-order valence-electron chi connectivity index (χ1n) is 6.84. The van der Waals surface area contributed by atoms with Crippen molar-refractivity contribution in [3.05, 3.63) is 29.3 Å². The maximum absolute atomic E-state index is 9.55.